The van der Waals surface area contributed by atoms with Gasteiger partial charge in [0.2, 0.25) is 0 Å². The van der Waals surface area contributed by atoms with Crippen molar-refractivity contribution >= 4 is 5.97 Å². The summed E-state index contributed by atoms with van der Waals surface area (Å²) in [6, 6.07) is -0.731. The molecule has 0 saturated carbocycles. The van der Waals surface area contributed by atoms with Crippen molar-refractivity contribution < 1.29 is 26.7 Å². The molecule has 0 aliphatic rings. The third-order valence-corrected chi connectivity index (χ3v) is 0.390. The van der Waals surface area contributed by atoms with Crippen molar-refractivity contribution in [3.63, 3.8) is 0 Å². The Hall–Kier alpha value is -0.0635. The number of rotatable bonds is 1. The first kappa shape index (κ1) is 10.0. The predicted molar refractivity (Wildman–Crippen MR) is 21.3 cm³/mol. The molecule has 1 atom stereocenters. The van der Waals surface area contributed by atoms with Gasteiger partial charge in [-0.25, -0.2) is 0 Å². The Morgan fingerprint density at radius 2 is 2.00 bits per heavy atom. The molecule has 0 spiro atoms. The fourth-order valence-corrected chi connectivity index (χ4v) is 0. The summed E-state index contributed by atoms with van der Waals surface area (Å²) in [6.07, 6.45) is 0. The van der Waals surface area contributed by atoms with Gasteiger partial charge in [-0.3, -0.25) is 4.79 Å². The van der Waals surface area contributed by atoms with Gasteiger partial charge in [0, 0.05) is 16.8 Å². The Kier molecular flexibility index (Phi) is 5.88. The van der Waals surface area contributed by atoms with Crippen molar-refractivity contribution in [3.05, 3.63) is 0 Å². The zero-order valence-corrected chi connectivity index (χ0v) is 4.88. The minimum absolute atomic E-state index is 0. The van der Waals surface area contributed by atoms with Crippen molar-refractivity contribution in [1.29, 1.82) is 0 Å². The summed E-state index contributed by atoms with van der Waals surface area (Å²) in [5.41, 5.74) is 4.84. The molecule has 0 amide bonds. The standard InChI is InChI=1S/C3H7NO2.Co/c1-2(4)3(5)6;/h2H,4H2,1H3,(H,5,6);/t2-;/m0./s1. The second-order valence-corrected chi connectivity index (χ2v) is 1.13. The maximum absolute atomic E-state index is 9.57. The van der Waals surface area contributed by atoms with E-state index in [-0.39, 0.29) is 16.8 Å². The first-order valence-electron chi connectivity index (χ1n) is 1.63. The van der Waals surface area contributed by atoms with Crippen molar-refractivity contribution in [2.75, 3.05) is 0 Å². The smallest absolute Gasteiger partial charge is 0.320 e. The number of hydrogen-bond donors (Lipinski definition) is 2. The number of aliphatic carboxylic acids is 1. The first-order valence-corrected chi connectivity index (χ1v) is 1.63. The Morgan fingerprint density at radius 3 is 2.00 bits per heavy atom. The zero-order chi connectivity index (χ0) is 5.15. The Labute approximate surface area is 52.1 Å². The molecule has 0 rings (SSSR count). The molecule has 7 heavy (non-hydrogen) atoms. The normalized spacial score (nSPS) is 11.7. The molecule has 0 bridgehead atoms. The van der Waals surface area contributed by atoms with Crippen LogP contribution in [0.2, 0.25) is 0 Å². The van der Waals surface area contributed by atoms with Crippen LogP contribution in [0.15, 0.2) is 0 Å². The van der Waals surface area contributed by atoms with E-state index in [1.807, 2.05) is 0 Å². The van der Waals surface area contributed by atoms with E-state index in [2.05, 4.69) is 0 Å². The van der Waals surface area contributed by atoms with Crippen LogP contribution in [0.25, 0.3) is 0 Å². The third kappa shape index (κ3) is 5.94. The predicted octanol–water partition coefficient (Wildman–Crippen LogP) is -0.584. The summed E-state index contributed by atoms with van der Waals surface area (Å²) in [7, 11) is 0. The van der Waals surface area contributed by atoms with Crippen LogP contribution < -0.4 is 5.73 Å². The molecule has 0 fully saturated rings. The summed E-state index contributed by atoms with van der Waals surface area (Å²) in [6.45, 7) is 1.42. The number of hydrogen-bond acceptors (Lipinski definition) is 2. The van der Waals surface area contributed by atoms with Crippen LogP contribution in [0.5, 0.6) is 0 Å². The average molecular weight is 148 g/mol. The van der Waals surface area contributed by atoms with E-state index < -0.39 is 12.0 Å². The topological polar surface area (TPSA) is 63.3 Å². The number of carboxylic acid groups (broad SMARTS) is 1. The SMILES string of the molecule is C[C@H](N)C(=O)O.[Co]. The van der Waals surface area contributed by atoms with Gasteiger partial charge in [-0.05, 0) is 6.92 Å². The molecule has 0 aromatic carbocycles. The number of carboxylic acids is 1. The maximum Gasteiger partial charge on any atom is 0.320 e. The van der Waals surface area contributed by atoms with Gasteiger partial charge in [-0.2, -0.15) is 0 Å². The summed E-state index contributed by atoms with van der Waals surface area (Å²) < 4.78 is 0. The molecule has 0 saturated heterocycles. The fraction of sp³-hybridized carbons (Fsp3) is 0.667. The minimum Gasteiger partial charge on any atom is -0.480 e. The summed E-state index contributed by atoms with van der Waals surface area (Å²) in [4.78, 5) is 9.57. The van der Waals surface area contributed by atoms with Gasteiger partial charge in [0.05, 0.1) is 0 Å². The van der Waals surface area contributed by atoms with Gasteiger partial charge in [0.25, 0.3) is 0 Å². The van der Waals surface area contributed by atoms with E-state index in [0.717, 1.165) is 0 Å². The Bertz CT molecular complexity index is 64.0. The molecular weight excluding hydrogens is 141 g/mol. The van der Waals surface area contributed by atoms with Crippen LogP contribution in [0.3, 0.4) is 0 Å². The van der Waals surface area contributed by atoms with Crippen LogP contribution in [0.1, 0.15) is 6.92 Å². The van der Waals surface area contributed by atoms with Crippen molar-refractivity contribution in [3.8, 4) is 0 Å². The molecule has 0 aliphatic heterocycles. The Morgan fingerprint density at radius 1 is 1.86 bits per heavy atom. The monoisotopic (exact) mass is 148 g/mol. The quantitative estimate of drug-likeness (QED) is 0.522. The molecule has 0 aliphatic carbocycles. The van der Waals surface area contributed by atoms with E-state index in [0.29, 0.717) is 0 Å². The largest absolute Gasteiger partial charge is 0.480 e. The van der Waals surface area contributed by atoms with E-state index in [1.165, 1.54) is 6.92 Å². The number of carbonyl (C=O) groups is 1. The van der Waals surface area contributed by atoms with Gasteiger partial charge < -0.3 is 10.8 Å². The van der Waals surface area contributed by atoms with E-state index in [1.54, 1.807) is 0 Å². The van der Waals surface area contributed by atoms with Crippen molar-refractivity contribution in [1.82, 2.24) is 0 Å². The molecule has 0 unspecified atom stereocenters. The molecule has 4 heteroatoms. The molecule has 0 aromatic rings. The van der Waals surface area contributed by atoms with Crippen LogP contribution in [0, 0.1) is 0 Å². The number of nitrogens with two attached hydrogens (primary N) is 1. The molecule has 45 valence electrons. The average Bonchev–Trinajstić information content (AvgIpc) is 1.36. The van der Waals surface area contributed by atoms with Crippen LogP contribution >= 0.6 is 0 Å². The molecule has 3 N–H and O–H groups in total. The van der Waals surface area contributed by atoms with E-state index >= 15 is 0 Å². The zero-order valence-electron chi connectivity index (χ0n) is 3.84. The van der Waals surface area contributed by atoms with Crippen molar-refractivity contribution in [2.45, 2.75) is 13.0 Å². The van der Waals surface area contributed by atoms with Gasteiger partial charge in [-0.15, -0.1) is 0 Å². The molecule has 0 aromatic heterocycles. The minimum atomic E-state index is -0.963. The summed E-state index contributed by atoms with van der Waals surface area (Å²) in [5.74, 6) is -0.963. The molecular formula is C3H7CoNO2. The van der Waals surface area contributed by atoms with Crippen LogP contribution in [-0.4, -0.2) is 17.1 Å². The van der Waals surface area contributed by atoms with E-state index in [4.69, 9.17) is 10.8 Å². The molecule has 1 radical (unpaired) electrons. The molecule has 0 heterocycles. The van der Waals surface area contributed by atoms with E-state index in [9.17, 15) is 4.79 Å². The second kappa shape index (κ2) is 4.10. The van der Waals surface area contributed by atoms with Crippen LogP contribution in [-0.2, 0) is 21.6 Å². The van der Waals surface area contributed by atoms with Crippen LogP contribution in [0.4, 0.5) is 0 Å². The third-order valence-electron chi connectivity index (χ3n) is 0.390. The summed E-state index contributed by atoms with van der Waals surface area (Å²) in [5, 5.41) is 7.87. The van der Waals surface area contributed by atoms with Crippen molar-refractivity contribution in [2.24, 2.45) is 5.73 Å². The maximum atomic E-state index is 9.57. The van der Waals surface area contributed by atoms with Gasteiger partial charge in [0.1, 0.15) is 6.04 Å². The van der Waals surface area contributed by atoms with Gasteiger partial charge in [0.15, 0.2) is 0 Å². The molecule has 3 nitrogen and oxygen atoms in total. The van der Waals surface area contributed by atoms with Gasteiger partial charge in [-0.1, -0.05) is 0 Å². The van der Waals surface area contributed by atoms with Gasteiger partial charge >= 0.3 is 5.97 Å². The first-order chi connectivity index (χ1) is 2.64. The Balaban J connectivity index is 0. The summed E-state index contributed by atoms with van der Waals surface area (Å²) >= 11 is 0. The fourth-order valence-electron chi connectivity index (χ4n) is 0. The second-order valence-electron chi connectivity index (χ2n) is 1.13.